The molecule has 3 aromatic rings. The Balaban J connectivity index is 1.82. The summed E-state index contributed by atoms with van der Waals surface area (Å²) in [5.74, 6) is 0.0804. The minimum absolute atomic E-state index is 0.212. The van der Waals surface area contributed by atoms with Gasteiger partial charge in [0.2, 0.25) is 0 Å². The molecule has 0 amide bonds. The molecule has 0 saturated heterocycles. The maximum Gasteiger partial charge on any atom is 0.286 e. The van der Waals surface area contributed by atoms with Crippen molar-refractivity contribution < 1.29 is 9.53 Å². The van der Waals surface area contributed by atoms with Gasteiger partial charge in [-0.2, -0.15) is 4.68 Å². The van der Waals surface area contributed by atoms with Crippen LogP contribution in [0.1, 0.15) is 10.4 Å². The van der Waals surface area contributed by atoms with Gasteiger partial charge in [-0.15, -0.1) is 5.10 Å². The van der Waals surface area contributed by atoms with Gasteiger partial charge in [-0.25, -0.2) is 0 Å². The van der Waals surface area contributed by atoms with Gasteiger partial charge >= 0.3 is 0 Å². The van der Waals surface area contributed by atoms with E-state index in [4.69, 9.17) is 27.9 Å². The van der Waals surface area contributed by atoms with Gasteiger partial charge in [-0.1, -0.05) is 44.3 Å². The molecule has 0 fully saturated rings. The van der Waals surface area contributed by atoms with E-state index >= 15 is 0 Å². The van der Waals surface area contributed by atoms with E-state index in [1.165, 1.54) is 4.68 Å². The largest absolute Gasteiger partial charge is 0.482 e. The van der Waals surface area contributed by atoms with Crippen LogP contribution in [0, 0.1) is 6.92 Å². The van der Waals surface area contributed by atoms with Crippen molar-refractivity contribution >= 4 is 56.1 Å². The average Bonchev–Trinajstić information content (AvgIpc) is 2.88. The summed E-state index contributed by atoms with van der Waals surface area (Å²) >= 11 is 15.4. The van der Waals surface area contributed by atoms with Gasteiger partial charge in [0, 0.05) is 9.50 Å². The first kappa shape index (κ1) is 16.2. The topological polar surface area (TPSA) is 57.0 Å². The number of nitrogens with zero attached hydrogens (tertiary/aromatic N) is 3. The van der Waals surface area contributed by atoms with Gasteiger partial charge in [-0.3, -0.25) is 4.79 Å². The lowest BCUT2D eigenvalue weighted by Gasteiger charge is -2.10. The zero-order valence-corrected chi connectivity index (χ0v) is 15.0. The number of fused-ring (bicyclic) bond motifs is 1. The monoisotopic (exact) mass is 413 g/mol. The summed E-state index contributed by atoms with van der Waals surface area (Å²) in [5, 5.41) is 8.70. The van der Waals surface area contributed by atoms with E-state index < -0.39 is 0 Å². The second-order valence-electron chi connectivity index (χ2n) is 4.85. The molecular weight excluding hydrogens is 405 g/mol. The van der Waals surface area contributed by atoms with Crippen molar-refractivity contribution in [1.29, 1.82) is 0 Å². The van der Waals surface area contributed by atoms with Crippen LogP contribution < -0.4 is 4.74 Å². The summed E-state index contributed by atoms with van der Waals surface area (Å²) in [6.45, 7) is 1.59. The molecule has 0 radical (unpaired) electrons. The first-order valence-corrected chi connectivity index (χ1v) is 8.13. The Morgan fingerprint density at radius 1 is 1.30 bits per heavy atom. The zero-order chi connectivity index (χ0) is 16.6. The van der Waals surface area contributed by atoms with Crippen molar-refractivity contribution in [3.63, 3.8) is 0 Å². The normalized spacial score (nSPS) is 11.0. The van der Waals surface area contributed by atoms with Gasteiger partial charge < -0.3 is 4.74 Å². The standard InChI is InChI=1S/C15H10BrCl2N3O2/c1-8-4-10(17)6-11(18)15(8)23-7-14(22)21-13-3-2-9(16)5-12(13)19-20-21/h2-6H,7H2,1H3. The lowest BCUT2D eigenvalue weighted by Crippen LogP contribution is -2.20. The summed E-state index contributed by atoms with van der Waals surface area (Å²) in [6, 6.07) is 8.65. The van der Waals surface area contributed by atoms with Gasteiger partial charge in [0.05, 0.1) is 10.5 Å². The van der Waals surface area contributed by atoms with Gasteiger partial charge in [0.1, 0.15) is 11.3 Å². The van der Waals surface area contributed by atoms with Crippen LogP contribution in [0.4, 0.5) is 0 Å². The average molecular weight is 415 g/mol. The van der Waals surface area contributed by atoms with Crippen LogP contribution in [0.3, 0.4) is 0 Å². The smallest absolute Gasteiger partial charge is 0.286 e. The van der Waals surface area contributed by atoms with E-state index in [9.17, 15) is 4.79 Å². The first-order valence-electron chi connectivity index (χ1n) is 6.58. The molecule has 0 bridgehead atoms. The van der Waals surface area contributed by atoms with Crippen molar-refractivity contribution in [3.8, 4) is 5.75 Å². The fraction of sp³-hybridized carbons (Fsp3) is 0.133. The number of carbonyl (C=O) groups is 1. The second kappa shape index (κ2) is 6.47. The zero-order valence-electron chi connectivity index (χ0n) is 11.9. The Morgan fingerprint density at radius 2 is 2.09 bits per heavy atom. The van der Waals surface area contributed by atoms with Gasteiger partial charge in [-0.05, 0) is 42.8 Å². The third-order valence-electron chi connectivity index (χ3n) is 3.18. The van der Waals surface area contributed by atoms with Crippen molar-refractivity contribution in [1.82, 2.24) is 15.0 Å². The molecule has 0 aliphatic rings. The van der Waals surface area contributed by atoms with E-state index in [1.54, 1.807) is 31.2 Å². The predicted octanol–water partition coefficient (Wildman–Crippen LogP) is 4.53. The third-order valence-corrected chi connectivity index (χ3v) is 4.17. The minimum Gasteiger partial charge on any atom is -0.482 e. The Kier molecular flexibility index (Phi) is 4.57. The van der Waals surface area contributed by atoms with Gasteiger partial charge in [0.25, 0.3) is 5.91 Å². The summed E-state index contributed by atoms with van der Waals surface area (Å²) in [4.78, 5) is 12.3. The number of ether oxygens (including phenoxy) is 1. The molecule has 5 nitrogen and oxygen atoms in total. The maximum atomic E-state index is 12.3. The summed E-state index contributed by atoms with van der Waals surface area (Å²) in [7, 11) is 0. The highest BCUT2D eigenvalue weighted by molar-refractivity contribution is 9.10. The number of carbonyl (C=O) groups excluding carboxylic acids is 1. The quantitative estimate of drug-likeness (QED) is 0.631. The Labute approximate surface area is 150 Å². The molecule has 0 aliphatic heterocycles. The highest BCUT2D eigenvalue weighted by Crippen LogP contribution is 2.31. The highest BCUT2D eigenvalue weighted by atomic mass is 79.9. The van der Waals surface area contributed by atoms with Crippen molar-refractivity contribution in [3.05, 3.63) is 50.4 Å². The van der Waals surface area contributed by atoms with Crippen LogP contribution in [0.5, 0.6) is 5.75 Å². The number of rotatable bonds is 3. The lowest BCUT2D eigenvalue weighted by molar-refractivity contribution is 0.0824. The molecular formula is C15H10BrCl2N3O2. The molecule has 0 spiro atoms. The van der Waals surface area contributed by atoms with Crippen LogP contribution in [-0.4, -0.2) is 27.5 Å². The van der Waals surface area contributed by atoms with Crippen LogP contribution in [0.15, 0.2) is 34.8 Å². The van der Waals surface area contributed by atoms with Crippen molar-refractivity contribution in [2.75, 3.05) is 6.61 Å². The second-order valence-corrected chi connectivity index (χ2v) is 6.61. The summed E-state index contributed by atoms with van der Waals surface area (Å²) in [5.41, 5.74) is 1.98. The molecule has 0 saturated carbocycles. The lowest BCUT2D eigenvalue weighted by atomic mass is 10.2. The van der Waals surface area contributed by atoms with E-state index in [-0.39, 0.29) is 12.5 Å². The van der Waals surface area contributed by atoms with Crippen molar-refractivity contribution in [2.24, 2.45) is 0 Å². The molecule has 0 atom stereocenters. The van der Waals surface area contributed by atoms with Gasteiger partial charge in [0.15, 0.2) is 6.61 Å². The minimum atomic E-state index is -0.347. The summed E-state index contributed by atoms with van der Waals surface area (Å²) < 4.78 is 7.62. The van der Waals surface area contributed by atoms with E-state index in [1.807, 2.05) is 6.07 Å². The fourth-order valence-electron chi connectivity index (χ4n) is 2.15. The van der Waals surface area contributed by atoms with Crippen LogP contribution in [0.2, 0.25) is 10.0 Å². The SMILES string of the molecule is Cc1cc(Cl)cc(Cl)c1OCC(=O)n1nnc2cc(Br)ccc21. The first-order chi connectivity index (χ1) is 11.0. The number of hydrogen-bond acceptors (Lipinski definition) is 4. The molecule has 3 rings (SSSR count). The molecule has 0 aliphatic carbocycles. The van der Waals surface area contributed by atoms with E-state index in [2.05, 4.69) is 26.2 Å². The third kappa shape index (κ3) is 3.34. The molecule has 0 unspecified atom stereocenters. The number of hydrogen-bond donors (Lipinski definition) is 0. The fourth-order valence-corrected chi connectivity index (χ4v) is 3.15. The Morgan fingerprint density at radius 3 is 2.83 bits per heavy atom. The number of aryl methyl sites for hydroxylation is 1. The number of benzene rings is 2. The predicted molar refractivity (Wildman–Crippen MR) is 92.5 cm³/mol. The number of halogens is 3. The van der Waals surface area contributed by atoms with Crippen LogP contribution >= 0.6 is 39.1 Å². The molecule has 0 N–H and O–H groups in total. The Bertz CT molecular complexity index is 888. The van der Waals surface area contributed by atoms with Crippen LogP contribution in [-0.2, 0) is 0 Å². The molecule has 23 heavy (non-hydrogen) atoms. The van der Waals surface area contributed by atoms with Crippen LogP contribution in [0.25, 0.3) is 11.0 Å². The summed E-state index contributed by atoms with van der Waals surface area (Å²) in [6.07, 6.45) is 0. The van der Waals surface area contributed by atoms with E-state index in [0.717, 1.165) is 10.0 Å². The van der Waals surface area contributed by atoms with E-state index in [0.29, 0.717) is 26.8 Å². The highest BCUT2D eigenvalue weighted by Gasteiger charge is 2.15. The molecule has 118 valence electrons. The Hall–Kier alpha value is -1.63. The maximum absolute atomic E-state index is 12.3. The molecule has 1 aromatic heterocycles. The number of aromatic nitrogens is 3. The molecule has 2 aromatic carbocycles. The molecule has 8 heteroatoms. The van der Waals surface area contributed by atoms with Crippen molar-refractivity contribution in [2.45, 2.75) is 6.92 Å². The molecule has 1 heterocycles.